The van der Waals surface area contributed by atoms with Gasteiger partial charge in [0.05, 0.1) is 16.6 Å². The Labute approximate surface area is 123 Å². The van der Waals surface area contributed by atoms with Crippen LogP contribution in [0, 0.1) is 6.92 Å². The van der Waals surface area contributed by atoms with Crippen LogP contribution < -0.4 is 0 Å². The van der Waals surface area contributed by atoms with Crippen LogP contribution >= 0.6 is 0 Å². The van der Waals surface area contributed by atoms with Crippen LogP contribution in [0.5, 0.6) is 0 Å². The highest BCUT2D eigenvalue weighted by molar-refractivity contribution is 6.01. The molecule has 21 heavy (non-hydrogen) atoms. The molecule has 1 amide bonds. The van der Waals surface area contributed by atoms with Crippen LogP contribution in [0.2, 0.25) is 0 Å². The Kier molecular flexibility index (Phi) is 4.26. The molecule has 1 aromatic carbocycles. The van der Waals surface area contributed by atoms with Gasteiger partial charge < -0.3 is 14.6 Å². The van der Waals surface area contributed by atoms with Gasteiger partial charge in [-0.2, -0.15) is 0 Å². The molecular formula is C15H19N3O3. The Morgan fingerprint density at radius 1 is 1.29 bits per heavy atom. The predicted molar refractivity (Wildman–Crippen MR) is 79.4 cm³/mol. The van der Waals surface area contributed by atoms with E-state index in [0.717, 1.165) is 0 Å². The van der Waals surface area contributed by atoms with Crippen molar-refractivity contribution < 1.29 is 14.7 Å². The van der Waals surface area contributed by atoms with Crippen molar-refractivity contribution in [3.05, 3.63) is 29.6 Å². The molecule has 0 bridgehead atoms. The van der Waals surface area contributed by atoms with Gasteiger partial charge in [0.15, 0.2) is 0 Å². The van der Waals surface area contributed by atoms with Crippen molar-refractivity contribution in [2.75, 3.05) is 13.1 Å². The van der Waals surface area contributed by atoms with Gasteiger partial charge in [0, 0.05) is 13.1 Å². The number of carbonyl (C=O) groups is 2. The van der Waals surface area contributed by atoms with E-state index >= 15 is 0 Å². The quantitative estimate of drug-likeness (QED) is 0.912. The molecule has 0 fully saturated rings. The fourth-order valence-electron chi connectivity index (χ4n) is 2.48. The molecule has 0 radical (unpaired) electrons. The number of likely N-dealkylation sites (N-methyl/N-ethyl adjacent to an activating group) is 1. The Balaban J connectivity index is 2.51. The maximum Gasteiger partial charge on any atom is 0.337 e. The Morgan fingerprint density at radius 3 is 2.52 bits per heavy atom. The molecular weight excluding hydrogens is 270 g/mol. The van der Waals surface area contributed by atoms with Crippen molar-refractivity contribution in [2.24, 2.45) is 0 Å². The second kappa shape index (κ2) is 5.95. The first-order chi connectivity index (χ1) is 9.99. The van der Waals surface area contributed by atoms with Gasteiger partial charge >= 0.3 is 5.97 Å². The number of nitrogens with zero attached hydrogens (tertiary/aromatic N) is 3. The van der Waals surface area contributed by atoms with Crippen molar-refractivity contribution in [3.63, 3.8) is 0 Å². The Bertz CT molecular complexity index is 687. The lowest BCUT2D eigenvalue weighted by molar-refractivity contribution is -0.131. The summed E-state index contributed by atoms with van der Waals surface area (Å²) in [6.45, 7) is 6.99. The van der Waals surface area contributed by atoms with E-state index in [0.29, 0.717) is 29.9 Å². The molecule has 6 nitrogen and oxygen atoms in total. The van der Waals surface area contributed by atoms with Crippen LogP contribution in [0.3, 0.4) is 0 Å². The predicted octanol–water partition coefficient (Wildman–Crippen LogP) is 1.91. The van der Waals surface area contributed by atoms with Gasteiger partial charge in [-0.1, -0.05) is 6.07 Å². The second-order valence-corrected chi connectivity index (χ2v) is 4.79. The molecule has 112 valence electrons. The lowest BCUT2D eigenvalue weighted by Gasteiger charge is -2.19. The molecule has 6 heteroatoms. The SMILES string of the molecule is CCN(CC)C(=O)Cn1c(C)nc2cccc(C(=O)O)c21. The average Bonchev–Trinajstić information content (AvgIpc) is 2.76. The first-order valence-electron chi connectivity index (χ1n) is 6.96. The fraction of sp³-hybridized carbons (Fsp3) is 0.400. The summed E-state index contributed by atoms with van der Waals surface area (Å²) in [4.78, 5) is 29.7. The fourth-order valence-corrected chi connectivity index (χ4v) is 2.48. The zero-order valence-corrected chi connectivity index (χ0v) is 12.5. The molecule has 0 aliphatic carbocycles. The van der Waals surface area contributed by atoms with Crippen molar-refractivity contribution in [1.82, 2.24) is 14.5 Å². The lowest BCUT2D eigenvalue weighted by Crippen LogP contribution is -2.33. The number of amides is 1. The Hall–Kier alpha value is -2.37. The normalized spacial score (nSPS) is 10.8. The number of hydrogen-bond acceptors (Lipinski definition) is 3. The number of imidazole rings is 1. The van der Waals surface area contributed by atoms with Crippen molar-refractivity contribution in [2.45, 2.75) is 27.3 Å². The summed E-state index contributed by atoms with van der Waals surface area (Å²) in [7, 11) is 0. The van der Waals surface area contributed by atoms with Crippen molar-refractivity contribution in [1.29, 1.82) is 0 Å². The minimum atomic E-state index is -1.02. The summed E-state index contributed by atoms with van der Waals surface area (Å²) >= 11 is 0. The molecule has 0 aliphatic rings. The molecule has 0 spiro atoms. The van der Waals surface area contributed by atoms with E-state index in [1.807, 2.05) is 13.8 Å². The van der Waals surface area contributed by atoms with Gasteiger partial charge in [-0.3, -0.25) is 4.79 Å². The van der Waals surface area contributed by atoms with E-state index in [9.17, 15) is 14.7 Å². The number of carbonyl (C=O) groups excluding carboxylic acids is 1. The third-order valence-corrected chi connectivity index (χ3v) is 3.60. The highest BCUT2D eigenvalue weighted by Gasteiger charge is 2.19. The molecule has 2 aromatic rings. The number of carboxylic acid groups (broad SMARTS) is 1. The summed E-state index contributed by atoms with van der Waals surface area (Å²) in [6.07, 6.45) is 0. The van der Waals surface area contributed by atoms with Gasteiger partial charge in [-0.15, -0.1) is 0 Å². The molecule has 0 aliphatic heterocycles. The average molecular weight is 289 g/mol. The van der Waals surface area contributed by atoms with E-state index in [1.165, 1.54) is 6.07 Å². The summed E-state index contributed by atoms with van der Waals surface area (Å²) in [6, 6.07) is 4.95. The number of hydrogen-bond donors (Lipinski definition) is 1. The maximum absolute atomic E-state index is 12.3. The molecule has 0 atom stereocenters. The number of rotatable bonds is 5. The van der Waals surface area contributed by atoms with E-state index in [4.69, 9.17) is 0 Å². The van der Waals surface area contributed by atoms with Gasteiger partial charge in [-0.25, -0.2) is 9.78 Å². The lowest BCUT2D eigenvalue weighted by atomic mass is 10.2. The zero-order valence-electron chi connectivity index (χ0n) is 12.5. The van der Waals surface area contributed by atoms with Crippen molar-refractivity contribution in [3.8, 4) is 0 Å². The summed E-state index contributed by atoms with van der Waals surface area (Å²) < 4.78 is 1.68. The topological polar surface area (TPSA) is 75.4 Å². The number of aromatic nitrogens is 2. The number of aromatic carboxylic acids is 1. The Morgan fingerprint density at radius 2 is 1.95 bits per heavy atom. The number of benzene rings is 1. The summed E-state index contributed by atoms with van der Waals surface area (Å²) in [5, 5.41) is 9.32. The molecule has 1 N–H and O–H groups in total. The monoisotopic (exact) mass is 289 g/mol. The molecule has 0 saturated carbocycles. The van der Waals surface area contributed by atoms with Crippen LogP contribution in [-0.2, 0) is 11.3 Å². The molecule has 1 aromatic heterocycles. The first-order valence-corrected chi connectivity index (χ1v) is 6.96. The van der Waals surface area contributed by atoms with Gasteiger partial charge in [-0.05, 0) is 32.9 Å². The van der Waals surface area contributed by atoms with Gasteiger partial charge in [0.2, 0.25) is 5.91 Å². The first kappa shape index (κ1) is 15.0. The second-order valence-electron chi connectivity index (χ2n) is 4.79. The molecule has 2 rings (SSSR count). The van der Waals surface area contributed by atoms with E-state index < -0.39 is 5.97 Å². The summed E-state index contributed by atoms with van der Waals surface area (Å²) in [5.41, 5.74) is 1.27. The van der Waals surface area contributed by atoms with Crippen LogP contribution in [0.15, 0.2) is 18.2 Å². The van der Waals surface area contributed by atoms with E-state index in [-0.39, 0.29) is 18.0 Å². The number of fused-ring (bicyclic) bond motifs is 1. The number of carboxylic acids is 1. The largest absolute Gasteiger partial charge is 0.478 e. The van der Waals surface area contributed by atoms with Crippen LogP contribution in [0.4, 0.5) is 0 Å². The van der Waals surface area contributed by atoms with Crippen molar-refractivity contribution >= 4 is 22.9 Å². The third kappa shape index (κ3) is 2.74. The zero-order chi connectivity index (χ0) is 15.6. The van der Waals surface area contributed by atoms with Gasteiger partial charge in [0.1, 0.15) is 12.4 Å². The molecule has 0 unspecified atom stereocenters. The third-order valence-electron chi connectivity index (χ3n) is 3.60. The minimum absolute atomic E-state index is 0.0393. The van der Waals surface area contributed by atoms with Crippen LogP contribution in [0.25, 0.3) is 11.0 Å². The molecule has 0 saturated heterocycles. The number of para-hydroxylation sites is 1. The van der Waals surface area contributed by atoms with Gasteiger partial charge in [0.25, 0.3) is 0 Å². The minimum Gasteiger partial charge on any atom is -0.478 e. The van der Waals surface area contributed by atoms with Crippen LogP contribution in [-0.4, -0.2) is 44.5 Å². The number of aryl methyl sites for hydroxylation is 1. The van der Waals surface area contributed by atoms with E-state index in [2.05, 4.69) is 4.98 Å². The maximum atomic E-state index is 12.3. The standard InChI is InChI=1S/C15H19N3O3/c1-4-17(5-2)13(19)9-18-10(3)16-12-8-6-7-11(14(12)18)15(20)21/h6-8H,4-5,9H2,1-3H3,(H,20,21). The van der Waals surface area contributed by atoms with Crippen LogP contribution in [0.1, 0.15) is 30.0 Å². The highest BCUT2D eigenvalue weighted by atomic mass is 16.4. The van der Waals surface area contributed by atoms with E-state index in [1.54, 1.807) is 28.5 Å². The summed E-state index contributed by atoms with van der Waals surface area (Å²) in [5.74, 6) is -0.418. The smallest absolute Gasteiger partial charge is 0.337 e. The molecule has 1 heterocycles. The highest BCUT2D eigenvalue weighted by Crippen LogP contribution is 2.20.